The van der Waals surface area contributed by atoms with Gasteiger partial charge in [0, 0.05) is 6.08 Å². The molecule has 0 bridgehead atoms. The molecule has 0 unspecified atom stereocenters. The van der Waals surface area contributed by atoms with E-state index in [-0.39, 0.29) is 11.6 Å². The van der Waals surface area contributed by atoms with E-state index < -0.39 is 17.6 Å². The first-order valence-electron chi connectivity index (χ1n) is 9.40. The Morgan fingerprint density at radius 3 is 2.28 bits per heavy atom. The first kappa shape index (κ1) is 22.5. The molecule has 0 spiro atoms. The number of nitriles is 1. The van der Waals surface area contributed by atoms with E-state index in [1.54, 1.807) is 24.3 Å². The summed E-state index contributed by atoms with van der Waals surface area (Å²) >= 11 is 5.68. The van der Waals surface area contributed by atoms with Gasteiger partial charge in [0.25, 0.3) is 11.8 Å². The van der Waals surface area contributed by atoms with Crippen molar-refractivity contribution in [2.24, 2.45) is 0 Å². The fourth-order valence-electron chi connectivity index (χ4n) is 2.63. The molecule has 3 aromatic rings. The number of hydrogen-bond acceptors (Lipinski definition) is 4. The van der Waals surface area contributed by atoms with Crippen molar-refractivity contribution in [3.8, 4) is 22.9 Å². The van der Waals surface area contributed by atoms with Crippen molar-refractivity contribution in [2.75, 3.05) is 6.61 Å². The summed E-state index contributed by atoms with van der Waals surface area (Å²) in [5.41, 5.74) is 7.46. The molecular weight excluding hydrogens is 433 g/mol. The number of carbonyl (C=O) groups is 2. The molecule has 2 amide bonds. The Morgan fingerprint density at radius 1 is 1.00 bits per heavy atom. The zero-order chi connectivity index (χ0) is 22.9. The molecule has 0 fully saturated rings. The molecule has 32 heavy (non-hydrogen) atoms. The summed E-state index contributed by atoms with van der Waals surface area (Å²) in [7, 11) is 0. The molecule has 0 heterocycles. The predicted molar refractivity (Wildman–Crippen MR) is 119 cm³/mol. The molecule has 8 heteroatoms. The summed E-state index contributed by atoms with van der Waals surface area (Å²) in [5.74, 6) is -1.19. The molecule has 0 saturated carbocycles. The van der Waals surface area contributed by atoms with Crippen molar-refractivity contribution in [1.82, 2.24) is 10.9 Å². The second-order valence-electron chi connectivity index (χ2n) is 6.55. The molecule has 0 saturated heterocycles. The van der Waals surface area contributed by atoms with E-state index in [1.807, 2.05) is 24.3 Å². The van der Waals surface area contributed by atoms with Gasteiger partial charge in [0.1, 0.15) is 11.6 Å². The van der Waals surface area contributed by atoms with Crippen LogP contribution in [0.15, 0.2) is 72.8 Å². The highest BCUT2D eigenvalue weighted by Gasteiger charge is 2.05. The van der Waals surface area contributed by atoms with Crippen LogP contribution in [-0.4, -0.2) is 18.4 Å². The van der Waals surface area contributed by atoms with Crippen LogP contribution in [0.25, 0.3) is 17.2 Å². The highest BCUT2D eigenvalue weighted by atomic mass is 35.5. The average Bonchev–Trinajstić information content (AvgIpc) is 2.82. The van der Waals surface area contributed by atoms with Gasteiger partial charge in [-0.05, 0) is 59.2 Å². The summed E-state index contributed by atoms with van der Waals surface area (Å²) in [5, 5.41) is 8.81. The van der Waals surface area contributed by atoms with Crippen LogP contribution in [0.1, 0.15) is 11.1 Å². The van der Waals surface area contributed by atoms with Crippen LogP contribution in [0.2, 0.25) is 5.02 Å². The third-order valence-electron chi connectivity index (χ3n) is 4.27. The second kappa shape index (κ2) is 10.8. The zero-order valence-corrected chi connectivity index (χ0v) is 17.4. The molecular formula is C24H17ClFN3O3. The average molecular weight is 450 g/mol. The van der Waals surface area contributed by atoms with E-state index in [4.69, 9.17) is 21.6 Å². The number of hydrogen-bond donors (Lipinski definition) is 2. The van der Waals surface area contributed by atoms with Crippen molar-refractivity contribution in [3.63, 3.8) is 0 Å². The molecule has 0 radical (unpaired) electrons. The third-order valence-corrected chi connectivity index (χ3v) is 4.56. The Labute approximate surface area is 188 Å². The monoisotopic (exact) mass is 449 g/mol. The van der Waals surface area contributed by atoms with Gasteiger partial charge in [0.15, 0.2) is 6.61 Å². The molecule has 2 N–H and O–H groups in total. The number of rotatable bonds is 6. The van der Waals surface area contributed by atoms with Crippen LogP contribution in [0, 0.1) is 17.1 Å². The first-order chi connectivity index (χ1) is 15.4. The third kappa shape index (κ3) is 6.42. The zero-order valence-electron chi connectivity index (χ0n) is 16.6. The number of nitrogens with zero attached hydrogens (tertiary/aromatic N) is 1. The quantitative estimate of drug-likeness (QED) is 0.434. The van der Waals surface area contributed by atoms with E-state index >= 15 is 0 Å². The van der Waals surface area contributed by atoms with Crippen LogP contribution in [0.3, 0.4) is 0 Å². The molecule has 3 rings (SSSR count). The molecule has 0 aliphatic carbocycles. The summed E-state index contributed by atoms with van der Waals surface area (Å²) in [6, 6.07) is 20.4. The van der Waals surface area contributed by atoms with Gasteiger partial charge in [-0.1, -0.05) is 41.9 Å². The SMILES string of the molecule is N#Cc1ccc(-c2ccc(OCC(=O)NNC(=O)/C=C/c3ccc(F)c(Cl)c3)cc2)cc1. The normalized spacial score (nSPS) is 10.4. The van der Waals surface area contributed by atoms with Crippen LogP contribution < -0.4 is 15.6 Å². The van der Waals surface area contributed by atoms with Crippen molar-refractivity contribution < 1.29 is 18.7 Å². The topological polar surface area (TPSA) is 91.2 Å². The number of halogens is 2. The van der Waals surface area contributed by atoms with Crippen LogP contribution in [-0.2, 0) is 9.59 Å². The Bertz CT molecular complexity index is 1190. The Hall–Kier alpha value is -4.15. The summed E-state index contributed by atoms with van der Waals surface area (Å²) < 4.78 is 18.5. The highest BCUT2D eigenvalue weighted by molar-refractivity contribution is 6.30. The maximum Gasteiger partial charge on any atom is 0.276 e. The molecule has 0 aliphatic heterocycles. The van der Waals surface area contributed by atoms with E-state index in [0.29, 0.717) is 16.9 Å². The summed E-state index contributed by atoms with van der Waals surface area (Å²) in [6.07, 6.45) is 2.60. The number of ether oxygens (including phenoxy) is 1. The molecule has 0 aliphatic rings. The fraction of sp³-hybridized carbons (Fsp3) is 0.0417. The van der Waals surface area contributed by atoms with Crippen molar-refractivity contribution >= 4 is 29.5 Å². The van der Waals surface area contributed by atoms with Gasteiger partial charge in [-0.3, -0.25) is 20.4 Å². The van der Waals surface area contributed by atoms with Gasteiger partial charge in [0.2, 0.25) is 0 Å². The van der Waals surface area contributed by atoms with Gasteiger partial charge in [-0.15, -0.1) is 0 Å². The lowest BCUT2D eigenvalue weighted by Gasteiger charge is -2.08. The Kier molecular flexibility index (Phi) is 7.57. The number of benzene rings is 3. The number of nitrogens with one attached hydrogen (secondary N) is 2. The minimum Gasteiger partial charge on any atom is -0.484 e. The second-order valence-corrected chi connectivity index (χ2v) is 6.95. The summed E-state index contributed by atoms with van der Waals surface area (Å²) in [4.78, 5) is 23.6. The van der Waals surface area contributed by atoms with Crippen molar-refractivity contribution in [1.29, 1.82) is 5.26 Å². The lowest BCUT2D eigenvalue weighted by molar-refractivity contribution is -0.128. The van der Waals surface area contributed by atoms with Gasteiger partial charge >= 0.3 is 0 Å². The van der Waals surface area contributed by atoms with E-state index in [2.05, 4.69) is 16.9 Å². The number of amides is 2. The highest BCUT2D eigenvalue weighted by Crippen LogP contribution is 2.22. The summed E-state index contributed by atoms with van der Waals surface area (Å²) in [6.45, 7) is -0.298. The van der Waals surface area contributed by atoms with Crippen LogP contribution in [0.5, 0.6) is 5.75 Å². The van der Waals surface area contributed by atoms with E-state index in [0.717, 1.165) is 11.1 Å². The fourth-order valence-corrected chi connectivity index (χ4v) is 2.82. The maximum atomic E-state index is 13.1. The van der Waals surface area contributed by atoms with Gasteiger partial charge in [-0.2, -0.15) is 5.26 Å². The molecule has 3 aromatic carbocycles. The maximum absolute atomic E-state index is 13.1. The van der Waals surface area contributed by atoms with Gasteiger partial charge in [0.05, 0.1) is 16.7 Å². The van der Waals surface area contributed by atoms with E-state index in [9.17, 15) is 14.0 Å². The molecule has 0 atom stereocenters. The van der Waals surface area contributed by atoms with Gasteiger partial charge < -0.3 is 4.74 Å². The number of hydrazine groups is 1. The standard InChI is InChI=1S/C24H17ClFN3O3/c25-21-13-16(3-11-22(21)26)4-12-23(30)28-29-24(31)15-32-20-9-7-19(8-10-20)18-5-1-17(14-27)2-6-18/h1-13H,15H2,(H,28,30)(H,29,31)/b12-4+. The van der Waals surface area contributed by atoms with Crippen molar-refractivity contribution in [2.45, 2.75) is 0 Å². The number of carbonyl (C=O) groups excluding carboxylic acids is 2. The minimum atomic E-state index is -0.578. The predicted octanol–water partition coefficient (Wildman–Crippen LogP) is 4.26. The first-order valence-corrected chi connectivity index (χ1v) is 9.78. The van der Waals surface area contributed by atoms with E-state index in [1.165, 1.54) is 30.4 Å². The minimum absolute atomic E-state index is 0.0528. The molecule has 6 nitrogen and oxygen atoms in total. The lowest BCUT2D eigenvalue weighted by Crippen LogP contribution is -2.43. The van der Waals surface area contributed by atoms with Crippen LogP contribution in [0.4, 0.5) is 4.39 Å². The lowest BCUT2D eigenvalue weighted by atomic mass is 10.0. The Morgan fingerprint density at radius 2 is 1.66 bits per heavy atom. The largest absolute Gasteiger partial charge is 0.484 e. The molecule has 0 aromatic heterocycles. The smallest absolute Gasteiger partial charge is 0.276 e. The van der Waals surface area contributed by atoms with Gasteiger partial charge in [-0.25, -0.2) is 4.39 Å². The molecule has 160 valence electrons. The van der Waals surface area contributed by atoms with Crippen LogP contribution >= 0.6 is 11.6 Å². The van der Waals surface area contributed by atoms with Crippen molar-refractivity contribution in [3.05, 3.63) is 94.8 Å². The Balaban J connectivity index is 1.44.